The van der Waals surface area contributed by atoms with Crippen LogP contribution in [0.5, 0.6) is 0 Å². The lowest BCUT2D eigenvalue weighted by atomic mass is 10.1. The monoisotopic (exact) mass is 359 g/mol. The van der Waals surface area contributed by atoms with Crippen molar-refractivity contribution < 1.29 is 4.42 Å². The predicted molar refractivity (Wildman–Crippen MR) is 112 cm³/mol. The van der Waals surface area contributed by atoms with E-state index in [9.17, 15) is 0 Å². The Balaban J connectivity index is 1.98. The lowest BCUT2D eigenvalue weighted by Crippen LogP contribution is -2.11. The van der Waals surface area contributed by atoms with E-state index < -0.39 is 0 Å². The van der Waals surface area contributed by atoms with E-state index in [1.807, 2.05) is 6.07 Å². The molecule has 4 aromatic rings. The lowest BCUT2D eigenvalue weighted by molar-refractivity contribution is 0.613. The van der Waals surface area contributed by atoms with Crippen LogP contribution in [-0.4, -0.2) is 0 Å². The molecule has 1 aromatic heterocycles. The van der Waals surface area contributed by atoms with E-state index >= 15 is 0 Å². The van der Waals surface area contributed by atoms with E-state index in [-0.39, 0.29) is 0 Å². The second kappa shape index (κ2) is 6.58. The molecule has 130 valence electrons. The minimum absolute atomic E-state index is 0.743. The summed E-state index contributed by atoms with van der Waals surface area (Å²) in [5.41, 5.74) is 6.58. The first-order valence-corrected chi connectivity index (χ1v) is 9.14. The summed E-state index contributed by atoms with van der Waals surface area (Å²) in [6.45, 7) is 6.29. The van der Waals surface area contributed by atoms with Crippen molar-refractivity contribution in [2.24, 2.45) is 0 Å². The summed E-state index contributed by atoms with van der Waals surface area (Å²) in [5.74, 6) is 0.743. The summed E-state index contributed by atoms with van der Waals surface area (Å²) in [6, 6.07) is 23.0. The van der Waals surface area contributed by atoms with Crippen molar-refractivity contribution in [3.8, 4) is 0 Å². The Morgan fingerprint density at radius 2 is 1.50 bits per heavy atom. The van der Waals surface area contributed by atoms with Gasteiger partial charge in [0.1, 0.15) is 5.58 Å². The van der Waals surface area contributed by atoms with Gasteiger partial charge in [-0.25, -0.2) is 0 Å². The van der Waals surface area contributed by atoms with Crippen molar-refractivity contribution >= 4 is 40.9 Å². The van der Waals surface area contributed by atoms with Gasteiger partial charge >= 0.3 is 0 Å². The van der Waals surface area contributed by atoms with E-state index in [1.165, 1.54) is 16.7 Å². The van der Waals surface area contributed by atoms with Crippen LogP contribution in [0.4, 0.5) is 17.3 Å². The SMILES string of the molecule is Cc1ccc(N(c2ccccc2C)c2oc3ccc(C)cc3c2S)cc1. The van der Waals surface area contributed by atoms with Crippen LogP contribution in [-0.2, 0) is 0 Å². The van der Waals surface area contributed by atoms with E-state index in [0.717, 1.165) is 33.1 Å². The highest BCUT2D eigenvalue weighted by molar-refractivity contribution is 7.80. The molecule has 0 N–H and O–H groups in total. The van der Waals surface area contributed by atoms with Crippen LogP contribution in [0, 0.1) is 20.8 Å². The zero-order valence-corrected chi connectivity index (χ0v) is 16.0. The van der Waals surface area contributed by atoms with E-state index in [4.69, 9.17) is 17.0 Å². The molecule has 0 aliphatic heterocycles. The van der Waals surface area contributed by atoms with Gasteiger partial charge < -0.3 is 4.42 Å². The van der Waals surface area contributed by atoms with Crippen molar-refractivity contribution in [1.29, 1.82) is 0 Å². The fraction of sp³-hybridized carbons (Fsp3) is 0.130. The zero-order chi connectivity index (χ0) is 18.3. The van der Waals surface area contributed by atoms with Gasteiger partial charge in [-0.05, 0) is 56.7 Å². The average Bonchev–Trinajstić information content (AvgIpc) is 2.95. The zero-order valence-electron chi connectivity index (χ0n) is 15.2. The highest BCUT2D eigenvalue weighted by atomic mass is 32.1. The number of benzene rings is 3. The minimum Gasteiger partial charge on any atom is -0.439 e. The van der Waals surface area contributed by atoms with Crippen LogP contribution in [0.3, 0.4) is 0 Å². The molecule has 4 rings (SSSR count). The van der Waals surface area contributed by atoms with Crippen LogP contribution < -0.4 is 4.90 Å². The van der Waals surface area contributed by atoms with Gasteiger partial charge in [-0.15, -0.1) is 12.6 Å². The topological polar surface area (TPSA) is 16.4 Å². The Kier molecular flexibility index (Phi) is 4.25. The molecule has 0 unspecified atom stereocenters. The van der Waals surface area contributed by atoms with E-state index in [2.05, 4.69) is 86.3 Å². The molecule has 0 bridgehead atoms. The van der Waals surface area contributed by atoms with Crippen LogP contribution >= 0.6 is 12.6 Å². The number of hydrogen-bond acceptors (Lipinski definition) is 3. The molecular formula is C23H21NOS. The molecule has 26 heavy (non-hydrogen) atoms. The number of fused-ring (bicyclic) bond motifs is 1. The molecule has 3 heteroatoms. The third kappa shape index (κ3) is 2.89. The standard InChI is InChI=1S/C23H21NOS/c1-15-8-11-18(12-9-15)24(20-7-5-4-6-17(20)3)23-22(26)19-14-16(2)10-13-21(19)25-23/h4-14,26H,1-3H3. The quantitative estimate of drug-likeness (QED) is 0.392. The minimum atomic E-state index is 0.743. The molecule has 0 aliphatic carbocycles. The number of rotatable bonds is 3. The Morgan fingerprint density at radius 3 is 2.23 bits per heavy atom. The Morgan fingerprint density at radius 1 is 0.808 bits per heavy atom. The van der Waals surface area contributed by atoms with E-state index in [1.54, 1.807) is 0 Å². The van der Waals surface area contributed by atoms with Gasteiger partial charge in [0.15, 0.2) is 0 Å². The number of anilines is 3. The van der Waals surface area contributed by atoms with Gasteiger partial charge in [-0.3, -0.25) is 4.90 Å². The summed E-state index contributed by atoms with van der Waals surface area (Å²) in [5, 5.41) is 1.04. The summed E-state index contributed by atoms with van der Waals surface area (Å²) in [4.78, 5) is 3.00. The molecule has 0 amide bonds. The average molecular weight is 359 g/mol. The number of thiol groups is 1. The largest absolute Gasteiger partial charge is 0.439 e. The van der Waals surface area contributed by atoms with Crippen LogP contribution in [0.15, 0.2) is 76.0 Å². The van der Waals surface area contributed by atoms with Gasteiger partial charge in [-0.2, -0.15) is 0 Å². The molecule has 0 atom stereocenters. The van der Waals surface area contributed by atoms with Crippen molar-refractivity contribution in [3.05, 3.63) is 83.4 Å². The van der Waals surface area contributed by atoms with Gasteiger partial charge in [0.25, 0.3) is 0 Å². The number of furan rings is 1. The molecule has 1 heterocycles. The normalized spacial score (nSPS) is 11.1. The Labute approximate surface area is 159 Å². The first-order chi connectivity index (χ1) is 12.5. The fourth-order valence-electron chi connectivity index (χ4n) is 3.21. The second-order valence-corrected chi connectivity index (χ2v) is 7.16. The van der Waals surface area contributed by atoms with Gasteiger partial charge in [0.05, 0.1) is 10.6 Å². The van der Waals surface area contributed by atoms with Crippen LogP contribution in [0.25, 0.3) is 11.0 Å². The molecule has 0 saturated heterocycles. The van der Waals surface area contributed by atoms with Crippen molar-refractivity contribution in [2.75, 3.05) is 4.90 Å². The smallest absolute Gasteiger partial charge is 0.219 e. The fourth-order valence-corrected chi connectivity index (χ4v) is 3.53. The Bertz CT molecular complexity index is 1080. The summed E-state index contributed by atoms with van der Waals surface area (Å²) in [7, 11) is 0. The first kappa shape index (κ1) is 16.8. The molecular weight excluding hydrogens is 338 g/mol. The van der Waals surface area contributed by atoms with Crippen molar-refractivity contribution in [1.82, 2.24) is 0 Å². The number of aryl methyl sites for hydroxylation is 3. The number of hydrogen-bond donors (Lipinski definition) is 1. The van der Waals surface area contributed by atoms with Crippen LogP contribution in [0.1, 0.15) is 16.7 Å². The highest BCUT2D eigenvalue weighted by Gasteiger charge is 2.22. The summed E-state index contributed by atoms with van der Waals surface area (Å²) >= 11 is 4.82. The molecule has 0 spiro atoms. The maximum absolute atomic E-state index is 6.26. The van der Waals surface area contributed by atoms with Gasteiger partial charge in [0, 0.05) is 11.1 Å². The molecule has 0 fully saturated rings. The van der Waals surface area contributed by atoms with Crippen LogP contribution in [0.2, 0.25) is 0 Å². The lowest BCUT2D eigenvalue weighted by Gasteiger charge is -2.25. The predicted octanol–water partition coefficient (Wildman–Crippen LogP) is 7.12. The van der Waals surface area contributed by atoms with Crippen molar-refractivity contribution in [2.45, 2.75) is 25.7 Å². The Hall–Kier alpha value is -2.65. The summed E-state index contributed by atoms with van der Waals surface area (Å²) in [6.07, 6.45) is 0. The molecule has 3 aromatic carbocycles. The number of para-hydroxylation sites is 1. The summed E-state index contributed by atoms with van der Waals surface area (Å²) < 4.78 is 6.26. The van der Waals surface area contributed by atoms with Gasteiger partial charge in [0.2, 0.25) is 5.88 Å². The third-order valence-electron chi connectivity index (χ3n) is 4.65. The van der Waals surface area contributed by atoms with E-state index in [0.29, 0.717) is 0 Å². The van der Waals surface area contributed by atoms with Gasteiger partial charge in [-0.1, -0.05) is 47.5 Å². The number of nitrogens with zero attached hydrogens (tertiary/aromatic N) is 1. The molecule has 0 aliphatic rings. The maximum Gasteiger partial charge on any atom is 0.219 e. The molecule has 2 nitrogen and oxygen atoms in total. The third-order valence-corrected chi connectivity index (χ3v) is 5.08. The highest BCUT2D eigenvalue weighted by Crippen LogP contribution is 2.44. The maximum atomic E-state index is 6.26. The first-order valence-electron chi connectivity index (χ1n) is 8.69. The molecule has 0 saturated carbocycles. The molecule has 0 radical (unpaired) electrons. The van der Waals surface area contributed by atoms with Crippen molar-refractivity contribution in [3.63, 3.8) is 0 Å². The second-order valence-electron chi connectivity index (χ2n) is 6.71.